The Kier molecular flexibility index (Phi) is 6.61. The number of non-ortho nitro benzene ring substituents is 1. The molecule has 8 nitrogen and oxygen atoms in total. The van der Waals surface area contributed by atoms with E-state index in [4.69, 9.17) is 9.73 Å². The number of nitro benzene ring substituents is 1. The highest BCUT2D eigenvalue weighted by Gasteiger charge is 2.35. The number of ether oxygens (including phenoxy) is 1. The molecule has 1 aromatic heterocycles. The molecule has 0 unspecified atom stereocenters. The molecule has 1 atom stereocenters. The minimum Gasteiger partial charge on any atom is -0.463 e. The lowest BCUT2D eigenvalue weighted by molar-refractivity contribution is -0.384. The Morgan fingerprint density at radius 3 is 2.46 bits per heavy atom. The number of fused-ring (bicyclic) bond motifs is 1. The summed E-state index contributed by atoms with van der Waals surface area (Å²) in [6.07, 6.45) is 1.61. The van der Waals surface area contributed by atoms with Gasteiger partial charge in [0.05, 0.1) is 33.4 Å². The lowest BCUT2D eigenvalue weighted by Crippen LogP contribution is -2.39. The fraction of sp³-hybridized carbons (Fsp3) is 0.107. The normalized spacial score (nSPS) is 15.2. The maximum Gasteiger partial charge on any atom is 0.338 e. The van der Waals surface area contributed by atoms with Crippen LogP contribution in [0.4, 0.5) is 5.69 Å². The van der Waals surface area contributed by atoms with E-state index in [1.807, 2.05) is 60.7 Å². The molecule has 184 valence electrons. The van der Waals surface area contributed by atoms with Crippen molar-refractivity contribution < 1.29 is 14.5 Å². The van der Waals surface area contributed by atoms with Crippen LogP contribution >= 0.6 is 11.3 Å². The number of thiazole rings is 1. The minimum atomic E-state index is -0.765. The van der Waals surface area contributed by atoms with Crippen LogP contribution in [0.2, 0.25) is 0 Å². The zero-order valence-corrected chi connectivity index (χ0v) is 20.6. The predicted molar refractivity (Wildman–Crippen MR) is 141 cm³/mol. The second-order valence-electron chi connectivity index (χ2n) is 8.19. The molecule has 0 bridgehead atoms. The standard InChI is InChI=1S/C28H21N3O5S/c1-2-36-27(33)23-24(19-11-5-3-6-12-19)29-28-30(25(23)20-13-7-4-8-14-20)26(32)22(37-28)17-18-10-9-15-21(16-18)31(34)35/h3-17,25H,2H2,1H3/b22-17-/t25-/m1/s1. The van der Waals surface area contributed by atoms with Crippen LogP contribution in [0.15, 0.2) is 100 Å². The maximum absolute atomic E-state index is 13.8. The fourth-order valence-corrected chi connectivity index (χ4v) is 5.27. The summed E-state index contributed by atoms with van der Waals surface area (Å²) in [4.78, 5) is 43.1. The van der Waals surface area contributed by atoms with Gasteiger partial charge in [-0.3, -0.25) is 19.5 Å². The second kappa shape index (κ2) is 10.2. The summed E-state index contributed by atoms with van der Waals surface area (Å²) in [5, 5.41) is 11.2. The summed E-state index contributed by atoms with van der Waals surface area (Å²) >= 11 is 1.17. The van der Waals surface area contributed by atoms with Gasteiger partial charge in [-0.05, 0) is 24.1 Å². The van der Waals surface area contributed by atoms with Gasteiger partial charge in [-0.25, -0.2) is 9.79 Å². The summed E-state index contributed by atoms with van der Waals surface area (Å²) in [5.74, 6) is -0.549. The monoisotopic (exact) mass is 511 g/mol. The van der Waals surface area contributed by atoms with Crippen LogP contribution in [0, 0.1) is 10.1 Å². The number of rotatable bonds is 6. The smallest absolute Gasteiger partial charge is 0.338 e. The molecule has 0 fully saturated rings. The summed E-state index contributed by atoms with van der Waals surface area (Å²) in [5.41, 5.74) is 2.27. The van der Waals surface area contributed by atoms with Gasteiger partial charge in [-0.15, -0.1) is 0 Å². The lowest BCUT2D eigenvalue weighted by atomic mass is 9.93. The third-order valence-corrected chi connectivity index (χ3v) is 6.85. The van der Waals surface area contributed by atoms with Gasteiger partial charge in [0.25, 0.3) is 11.2 Å². The Hall–Kier alpha value is -4.63. The number of benzene rings is 3. The molecule has 0 saturated carbocycles. The van der Waals surface area contributed by atoms with Crippen molar-refractivity contribution in [2.24, 2.45) is 4.99 Å². The molecule has 37 heavy (non-hydrogen) atoms. The van der Waals surface area contributed by atoms with Gasteiger partial charge in [0.2, 0.25) is 0 Å². The van der Waals surface area contributed by atoms with Crippen molar-refractivity contribution in [1.82, 2.24) is 4.57 Å². The van der Waals surface area contributed by atoms with E-state index < -0.39 is 16.9 Å². The highest BCUT2D eigenvalue weighted by molar-refractivity contribution is 7.07. The molecule has 0 N–H and O–H groups in total. The van der Waals surface area contributed by atoms with Crippen molar-refractivity contribution in [2.45, 2.75) is 13.0 Å². The molecular weight excluding hydrogens is 490 g/mol. The van der Waals surface area contributed by atoms with Crippen molar-refractivity contribution in [3.05, 3.63) is 137 Å². The quantitative estimate of drug-likeness (QED) is 0.222. The van der Waals surface area contributed by atoms with E-state index in [2.05, 4.69) is 0 Å². The highest BCUT2D eigenvalue weighted by atomic mass is 32.1. The number of nitrogens with zero attached hydrogens (tertiary/aromatic N) is 3. The van der Waals surface area contributed by atoms with E-state index >= 15 is 0 Å². The molecule has 0 aliphatic carbocycles. The molecule has 0 saturated heterocycles. The average molecular weight is 512 g/mol. The van der Waals surface area contributed by atoms with E-state index in [9.17, 15) is 19.7 Å². The predicted octanol–water partition coefficient (Wildman–Crippen LogP) is 3.84. The fourth-order valence-electron chi connectivity index (χ4n) is 4.27. The average Bonchev–Trinajstić information content (AvgIpc) is 3.23. The number of nitro groups is 1. The number of carbonyl (C=O) groups is 1. The van der Waals surface area contributed by atoms with Gasteiger partial charge in [0.1, 0.15) is 0 Å². The Labute approximate surface area is 215 Å². The maximum atomic E-state index is 13.8. The number of carbonyl (C=O) groups excluding carboxylic acids is 1. The van der Waals surface area contributed by atoms with Crippen molar-refractivity contribution >= 4 is 34.8 Å². The number of aromatic nitrogens is 1. The van der Waals surface area contributed by atoms with Gasteiger partial charge in [0, 0.05) is 17.7 Å². The van der Waals surface area contributed by atoms with Gasteiger partial charge in [-0.2, -0.15) is 0 Å². The largest absolute Gasteiger partial charge is 0.463 e. The first kappa shape index (κ1) is 24.1. The minimum absolute atomic E-state index is 0.0698. The molecule has 1 aliphatic heterocycles. The van der Waals surface area contributed by atoms with E-state index in [1.54, 1.807) is 25.1 Å². The number of esters is 1. The molecule has 0 amide bonds. The Bertz CT molecular complexity index is 1710. The zero-order valence-electron chi connectivity index (χ0n) is 19.7. The summed E-state index contributed by atoms with van der Waals surface area (Å²) in [7, 11) is 0. The van der Waals surface area contributed by atoms with E-state index in [0.717, 1.165) is 11.1 Å². The SMILES string of the molecule is CCOC(=O)C1=C(c2ccccc2)N=c2s/c(=C\c3cccc([N+](=O)[O-])c3)c(=O)n2[C@@H]1c1ccccc1. The van der Waals surface area contributed by atoms with Gasteiger partial charge >= 0.3 is 5.97 Å². The van der Waals surface area contributed by atoms with Crippen LogP contribution in [0.3, 0.4) is 0 Å². The van der Waals surface area contributed by atoms with Crippen LogP contribution in [0.5, 0.6) is 0 Å². The first-order valence-electron chi connectivity index (χ1n) is 11.6. The Balaban J connectivity index is 1.81. The van der Waals surface area contributed by atoms with Crippen LogP contribution in [-0.2, 0) is 9.53 Å². The molecule has 4 aromatic rings. The van der Waals surface area contributed by atoms with Crippen LogP contribution in [0.25, 0.3) is 11.8 Å². The second-order valence-corrected chi connectivity index (χ2v) is 9.20. The van der Waals surface area contributed by atoms with E-state index in [-0.39, 0.29) is 23.4 Å². The number of hydrogen-bond donors (Lipinski definition) is 0. The van der Waals surface area contributed by atoms with Crippen LogP contribution < -0.4 is 14.9 Å². The van der Waals surface area contributed by atoms with Gasteiger partial charge in [-0.1, -0.05) is 84.1 Å². The zero-order chi connectivity index (χ0) is 25.9. The lowest BCUT2D eigenvalue weighted by Gasteiger charge is -2.25. The molecule has 0 spiro atoms. The summed E-state index contributed by atoms with van der Waals surface area (Å²) < 4.78 is 7.28. The summed E-state index contributed by atoms with van der Waals surface area (Å²) in [6.45, 7) is 1.90. The number of hydrogen-bond acceptors (Lipinski definition) is 7. The molecule has 9 heteroatoms. The molecule has 3 aromatic carbocycles. The molecule has 5 rings (SSSR count). The van der Waals surface area contributed by atoms with E-state index in [1.165, 1.54) is 28.0 Å². The third-order valence-electron chi connectivity index (χ3n) is 5.87. The Morgan fingerprint density at radius 2 is 1.78 bits per heavy atom. The topological polar surface area (TPSA) is 104 Å². The van der Waals surface area contributed by atoms with Crippen molar-refractivity contribution in [3.63, 3.8) is 0 Å². The highest BCUT2D eigenvalue weighted by Crippen LogP contribution is 2.35. The molecular formula is C28H21N3O5S. The van der Waals surface area contributed by atoms with Crippen LogP contribution in [0.1, 0.15) is 29.7 Å². The van der Waals surface area contributed by atoms with Gasteiger partial charge < -0.3 is 4.74 Å². The van der Waals surface area contributed by atoms with Crippen LogP contribution in [-0.4, -0.2) is 22.1 Å². The first-order valence-corrected chi connectivity index (χ1v) is 12.4. The third kappa shape index (κ3) is 4.64. The summed E-state index contributed by atoms with van der Waals surface area (Å²) in [6, 6.07) is 23.9. The van der Waals surface area contributed by atoms with Crippen molar-refractivity contribution in [2.75, 3.05) is 6.61 Å². The molecule has 2 heterocycles. The Morgan fingerprint density at radius 1 is 1.08 bits per heavy atom. The molecule has 0 radical (unpaired) electrons. The van der Waals surface area contributed by atoms with E-state index in [0.29, 0.717) is 20.6 Å². The van der Waals surface area contributed by atoms with Crippen molar-refractivity contribution in [1.29, 1.82) is 0 Å². The van der Waals surface area contributed by atoms with Crippen molar-refractivity contribution in [3.8, 4) is 0 Å². The molecule has 1 aliphatic rings. The first-order chi connectivity index (χ1) is 18.0. The van der Waals surface area contributed by atoms with Gasteiger partial charge in [0.15, 0.2) is 4.80 Å².